The molecular formula is C12H15N3O. The first-order chi connectivity index (χ1) is 7.68. The van der Waals surface area contributed by atoms with Gasteiger partial charge in [0.2, 0.25) is 0 Å². The molecule has 2 heterocycles. The number of aliphatic imine (C=N–C) groups is 1. The zero-order chi connectivity index (χ0) is 11.3. The summed E-state index contributed by atoms with van der Waals surface area (Å²) in [5.74, 6) is 1.32. The molecule has 2 N–H and O–H groups in total. The Balaban J connectivity index is 2.03. The van der Waals surface area contributed by atoms with Gasteiger partial charge in [0.05, 0.1) is 17.2 Å². The maximum atomic E-state index is 12.3. The van der Waals surface area contributed by atoms with Crippen LogP contribution in [0.1, 0.15) is 29.6 Å². The summed E-state index contributed by atoms with van der Waals surface area (Å²) in [6, 6.07) is 0. The molecule has 1 fully saturated rings. The van der Waals surface area contributed by atoms with E-state index in [-0.39, 0.29) is 11.7 Å². The Kier molecular flexibility index (Phi) is 1.93. The van der Waals surface area contributed by atoms with Gasteiger partial charge in [-0.25, -0.2) is 4.99 Å². The summed E-state index contributed by atoms with van der Waals surface area (Å²) < 4.78 is 1.82. The Labute approximate surface area is 94.2 Å². The van der Waals surface area contributed by atoms with Crippen LogP contribution >= 0.6 is 0 Å². The van der Waals surface area contributed by atoms with Crippen LogP contribution in [0.3, 0.4) is 0 Å². The summed E-state index contributed by atoms with van der Waals surface area (Å²) >= 11 is 0. The molecule has 4 heteroatoms. The predicted octanol–water partition coefficient (Wildman–Crippen LogP) is 1.92. The van der Waals surface area contributed by atoms with Crippen molar-refractivity contribution in [2.45, 2.75) is 19.3 Å². The van der Waals surface area contributed by atoms with Crippen LogP contribution in [0.2, 0.25) is 0 Å². The third kappa shape index (κ3) is 1.16. The van der Waals surface area contributed by atoms with E-state index < -0.39 is 0 Å². The van der Waals surface area contributed by atoms with Crippen LogP contribution in [0.25, 0.3) is 0 Å². The van der Waals surface area contributed by atoms with E-state index in [0.717, 1.165) is 12.8 Å². The highest BCUT2D eigenvalue weighted by atomic mass is 16.1. The summed E-state index contributed by atoms with van der Waals surface area (Å²) in [7, 11) is 1.86. The van der Waals surface area contributed by atoms with Gasteiger partial charge in [0, 0.05) is 19.5 Å². The maximum Gasteiger partial charge on any atom is 0.177 e. The van der Waals surface area contributed by atoms with Gasteiger partial charge in [-0.2, -0.15) is 0 Å². The van der Waals surface area contributed by atoms with Crippen LogP contribution in [0.4, 0.5) is 11.5 Å². The normalized spacial score (nSPS) is 24.3. The van der Waals surface area contributed by atoms with E-state index in [1.807, 2.05) is 17.8 Å². The largest absolute Gasteiger partial charge is 0.397 e. The second-order valence-electron chi connectivity index (χ2n) is 4.75. The van der Waals surface area contributed by atoms with Gasteiger partial charge in [-0.15, -0.1) is 0 Å². The van der Waals surface area contributed by atoms with Crippen molar-refractivity contribution < 1.29 is 4.79 Å². The van der Waals surface area contributed by atoms with Gasteiger partial charge >= 0.3 is 0 Å². The van der Waals surface area contributed by atoms with Crippen LogP contribution in [-0.2, 0) is 7.05 Å². The molecular weight excluding hydrogens is 202 g/mol. The quantitative estimate of drug-likeness (QED) is 0.781. The lowest BCUT2D eigenvalue weighted by Crippen LogP contribution is -2.32. The molecule has 1 aromatic heterocycles. The molecule has 1 aromatic rings. The smallest absolute Gasteiger partial charge is 0.177 e. The fraction of sp³-hybridized carbons (Fsp3) is 0.500. The number of aryl methyl sites for hydroxylation is 1. The van der Waals surface area contributed by atoms with Gasteiger partial charge in [-0.3, -0.25) is 4.79 Å². The third-order valence-corrected chi connectivity index (χ3v) is 3.74. The molecule has 0 amide bonds. The molecule has 4 nitrogen and oxygen atoms in total. The monoisotopic (exact) mass is 217 g/mol. The molecule has 0 saturated heterocycles. The highest BCUT2D eigenvalue weighted by Crippen LogP contribution is 2.40. The average Bonchev–Trinajstić information content (AvgIpc) is 2.44. The lowest BCUT2D eigenvalue weighted by molar-refractivity contribution is 0.0886. The standard InChI is InChI=1S/C12H15N3O/c1-15-6-9(13)10-11(16)8(5-14-12(10)15)7-3-2-4-7/h5-8H,2-4,13H2,1H3. The predicted molar refractivity (Wildman–Crippen MR) is 63.1 cm³/mol. The molecule has 0 aromatic carbocycles. The van der Waals surface area contributed by atoms with E-state index in [9.17, 15) is 4.79 Å². The topological polar surface area (TPSA) is 60.4 Å². The summed E-state index contributed by atoms with van der Waals surface area (Å²) in [5.41, 5.74) is 7.04. The summed E-state index contributed by atoms with van der Waals surface area (Å²) in [5, 5.41) is 0. The maximum absolute atomic E-state index is 12.3. The molecule has 0 spiro atoms. The summed E-state index contributed by atoms with van der Waals surface area (Å²) in [4.78, 5) is 16.7. The molecule has 3 rings (SSSR count). The molecule has 16 heavy (non-hydrogen) atoms. The minimum absolute atomic E-state index is 0.0362. The second-order valence-corrected chi connectivity index (χ2v) is 4.75. The molecule has 1 unspecified atom stereocenters. The van der Waals surface area contributed by atoms with E-state index in [4.69, 9.17) is 5.73 Å². The number of Topliss-reactive ketones (excluding diaryl/α,β-unsaturated/α-hetero) is 1. The number of carbonyl (C=O) groups excluding carboxylic acids is 1. The van der Waals surface area contributed by atoms with Crippen molar-refractivity contribution in [2.75, 3.05) is 5.73 Å². The second kappa shape index (κ2) is 3.20. The molecule has 0 radical (unpaired) electrons. The number of nitrogens with zero attached hydrogens (tertiary/aromatic N) is 2. The minimum atomic E-state index is -0.0362. The number of nitrogen functional groups attached to an aromatic ring is 1. The molecule has 1 aliphatic carbocycles. The van der Waals surface area contributed by atoms with E-state index in [1.165, 1.54) is 6.42 Å². The van der Waals surface area contributed by atoms with Crippen LogP contribution < -0.4 is 5.73 Å². The number of aromatic nitrogens is 1. The van der Waals surface area contributed by atoms with Gasteiger partial charge < -0.3 is 10.3 Å². The Morgan fingerprint density at radius 3 is 2.88 bits per heavy atom. The van der Waals surface area contributed by atoms with E-state index in [0.29, 0.717) is 23.0 Å². The Morgan fingerprint density at radius 2 is 2.25 bits per heavy atom. The number of fused-ring (bicyclic) bond motifs is 1. The van der Waals surface area contributed by atoms with Gasteiger partial charge in [-0.05, 0) is 18.8 Å². The fourth-order valence-electron chi connectivity index (χ4n) is 2.57. The van der Waals surface area contributed by atoms with Crippen LogP contribution in [0.15, 0.2) is 11.2 Å². The number of hydrogen-bond acceptors (Lipinski definition) is 3. The number of nitrogens with two attached hydrogens (primary N) is 1. The SMILES string of the molecule is Cn1cc(N)c2c1N=CC(C1CCC1)C2=O. The molecule has 1 aliphatic heterocycles. The number of hydrogen-bond donors (Lipinski definition) is 1. The van der Waals surface area contributed by atoms with Crippen molar-refractivity contribution in [3.63, 3.8) is 0 Å². The third-order valence-electron chi connectivity index (χ3n) is 3.74. The number of carbonyl (C=O) groups is 1. The van der Waals surface area contributed by atoms with Gasteiger partial charge in [0.15, 0.2) is 5.78 Å². The molecule has 1 atom stereocenters. The molecule has 84 valence electrons. The number of anilines is 1. The van der Waals surface area contributed by atoms with Crippen LogP contribution in [-0.4, -0.2) is 16.6 Å². The molecule has 2 aliphatic rings. The van der Waals surface area contributed by atoms with Crippen LogP contribution in [0.5, 0.6) is 0 Å². The number of ketones is 1. The highest BCUT2D eigenvalue weighted by Gasteiger charge is 2.36. The van der Waals surface area contributed by atoms with Gasteiger partial charge in [0.1, 0.15) is 5.82 Å². The van der Waals surface area contributed by atoms with Crippen molar-refractivity contribution in [3.05, 3.63) is 11.8 Å². The molecule has 1 saturated carbocycles. The van der Waals surface area contributed by atoms with E-state index in [2.05, 4.69) is 4.99 Å². The molecule has 0 bridgehead atoms. The van der Waals surface area contributed by atoms with Crippen molar-refractivity contribution in [3.8, 4) is 0 Å². The Hall–Kier alpha value is -1.58. The minimum Gasteiger partial charge on any atom is -0.397 e. The zero-order valence-electron chi connectivity index (χ0n) is 9.31. The summed E-state index contributed by atoms with van der Waals surface area (Å²) in [6.45, 7) is 0. The highest BCUT2D eigenvalue weighted by molar-refractivity contribution is 6.15. The zero-order valence-corrected chi connectivity index (χ0v) is 9.31. The van der Waals surface area contributed by atoms with Crippen molar-refractivity contribution in [1.29, 1.82) is 0 Å². The Morgan fingerprint density at radius 1 is 1.50 bits per heavy atom. The summed E-state index contributed by atoms with van der Waals surface area (Å²) in [6.07, 6.45) is 7.10. The lowest BCUT2D eigenvalue weighted by Gasteiger charge is -2.31. The lowest BCUT2D eigenvalue weighted by atomic mass is 9.73. The first-order valence-corrected chi connectivity index (χ1v) is 5.71. The van der Waals surface area contributed by atoms with E-state index in [1.54, 1.807) is 6.20 Å². The fourth-order valence-corrected chi connectivity index (χ4v) is 2.57. The average molecular weight is 217 g/mol. The van der Waals surface area contributed by atoms with Crippen molar-refractivity contribution >= 4 is 23.5 Å². The van der Waals surface area contributed by atoms with Crippen molar-refractivity contribution in [1.82, 2.24) is 4.57 Å². The van der Waals surface area contributed by atoms with Gasteiger partial charge in [-0.1, -0.05) is 6.42 Å². The first-order valence-electron chi connectivity index (χ1n) is 5.71. The van der Waals surface area contributed by atoms with E-state index >= 15 is 0 Å². The number of rotatable bonds is 1. The Bertz CT molecular complexity index is 483. The van der Waals surface area contributed by atoms with Gasteiger partial charge in [0.25, 0.3) is 0 Å². The van der Waals surface area contributed by atoms with Crippen molar-refractivity contribution in [2.24, 2.45) is 23.9 Å². The first kappa shape index (κ1) is 9.63. The van der Waals surface area contributed by atoms with Crippen LogP contribution in [0, 0.1) is 11.8 Å².